The van der Waals surface area contributed by atoms with Gasteiger partial charge in [-0.1, -0.05) is 54.2 Å². The van der Waals surface area contributed by atoms with Crippen molar-refractivity contribution in [2.45, 2.75) is 18.6 Å². The van der Waals surface area contributed by atoms with E-state index < -0.39 is 0 Å². The predicted octanol–water partition coefficient (Wildman–Crippen LogP) is 4.29. The van der Waals surface area contributed by atoms with Crippen molar-refractivity contribution in [2.24, 2.45) is 0 Å². The quantitative estimate of drug-likeness (QED) is 0.746. The smallest absolute Gasteiger partial charge is 0.186 e. The topological polar surface area (TPSA) is 43.4 Å². The van der Waals surface area contributed by atoms with Crippen LogP contribution in [0.1, 0.15) is 34.5 Å². The molecule has 4 heteroatoms. The number of benzene rings is 2. The zero-order valence-electron chi connectivity index (χ0n) is 12.6. The van der Waals surface area contributed by atoms with E-state index in [4.69, 9.17) is 4.74 Å². The van der Waals surface area contributed by atoms with Gasteiger partial charge in [-0.05, 0) is 17.7 Å². The van der Waals surface area contributed by atoms with Crippen molar-refractivity contribution < 1.29 is 14.3 Å². The van der Waals surface area contributed by atoms with E-state index in [1.165, 1.54) is 18.7 Å². The van der Waals surface area contributed by atoms with E-state index in [9.17, 15) is 9.59 Å². The summed E-state index contributed by atoms with van der Waals surface area (Å²) in [5, 5.41) is -0.183. The number of thioether (sulfide) groups is 1. The first-order valence-electron chi connectivity index (χ1n) is 6.99. The lowest BCUT2D eigenvalue weighted by molar-refractivity contribution is -0.109. The van der Waals surface area contributed by atoms with Crippen LogP contribution in [0.5, 0.6) is 5.75 Å². The van der Waals surface area contributed by atoms with Crippen molar-refractivity contribution in [3.8, 4) is 5.75 Å². The third kappa shape index (κ3) is 4.46. The van der Waals surface area contributed by atoms with Crippen LogP contribution in [0.3, 0.4) is 0 Å². The first kappa shape index (κ1) is 16.3. The van der Waals surface area contributed by atoms with Gasteiger partial charge < -0.3 is 4.74 Å². The van der Waals surface area contributed by atoms with Gasteiger partial charge in [0.05, 0.1) is 7.11 Å². The Bertz CT molecular complexity index is 635. The highest BCUT2D eigenvalue weighted by atomic mass is 32.2. The Labute approximate surface area is 134 Å². The second kappa shape index (κ2) is 7.80. The van der Waals surface area contributed by atoms with E-state index in [-0.39, 0.29) is 16.1 Å². The summed E-state index contributed by atoms with van der Waals surface area (Å²) in [7, 11) is 1.61. The fraction of sp³-hybridized carbons (Fsp3) is 0.222. The summed E-state index contributed by atoms with van der Waals surface area (Å²) in [6.07, 6.45) is 0.292. The zero-order valence-corrected chi connectivity index (χ0v) is 13.4. The van der Waals surface area contributed by atoms with Gasteiger partial charge in [0.1, 0.15) is 5.75 Å². The average molecular weight is 314 g/mol. The molecule has 0 bridgehead atoms. The Balaban J connectivity index is 2.18. The van der Waals surface area contributed by atoms with Gasteiger partial charge in [0.25, 0.3) is 0 Å². The second-order valence-electron chi connectivity index (χ2n) is 4.86. The summed E-state index contributed by atoms with van der Waals surface area (Å²) >= 11 is 1.19. The van der Waals surface area contributed by atoms with Crippen molar-refractivity contribution in [3.05, 3.63) is 65.7 Å². The Morgan fingerprint density at radius 2 is 1.68 bits per heavy atom. The maximum atomic E-state index is 12.4. The lowest BCUT2D eigenvalue weighted by Gasteiger charge is -2.15. The largest absolute Gasteiger partial charge is 0.497 e. The number of ether oxygens (including phenoxy) is 1. The Morgan fingerprint density at radius 1 is 1.05 bits per heavy atom. The second-order valence-corrected chi connectivity index (χ2v) is 6.24. The van der Waals surface area contributed by atoms with Crippen molar-refractivity contribution in [1.29, 1.82) is 0 Å². The Morgan fingerprint density at radius 3 is 2.23 bits per heavy atom. The van der Waals surface area contributed by atoms with Crippen molar-refractivity contribution in [2.75, 3.05) is 7.11 Å². The molecule has 0 aliphatic rings. The van der Waals surface area contributed by atoms with Crippen LogP contribution >= 0.6 is 11.8 Å². The molecule has 3 nitrogen and oxygen atoms in total. The number of hydrogen-bond donors (Lipinski definition) is 0. The molecule has 1 atom stereocenters. The first-order valence-corrected chi connectivity index (χ1v) is 7.87. The molecule has 114 valence electrons. The number of hydrogen-bond acceptors (Lipinski definition) is 4. The summed E-state index contributed by atoms with van der Waals surface area (Å²) in [6, 6.07) is 16.6. The lowest BCUT2D eigenvalue weighted by atomic mass is 10.0. The minimum atomic E-state index is -0.184. The van der Waals surface area contributed by atoms with E-state index in [0.717, 1.165) is 11.3 Å². The van der Waals surface area contributed by atoms with Gasteiger partial charge in [-0.2, -0.15) is 0 Å². The molecule has 0 amide bonds. The number of ketones is 1. The molecule has 22 heavy (non-hydrogen) atoms. The minimum Gasteiger partial charge on any atom is -0.497 e. The highest BCUT2D eigenvalue weighted by Crippen LogP contribution is 2.34. The summed E-state index contributed by atoms with van der Waals surface area (Å²) in [6.45, 7) is 1.52. The van der Waals surface area contributed by atoms with Gasteiger partial charge in [0.15, 0.2) is 10.9 Å². The van der Waals surface area contributed by atoms with Crippen LogP contribution < -0.4 is 4.74 Å². The first-order chi connectivity index (χ1) is 10.6. The molecule has 2 rings (SSSR count). The molecule has 0 fully saturated rings. The molecule has 2 aromatic carbocycles. The van der Waals surface area contributed by atoms with Crippen LogP contribution in [0, 0.1) is 0 Å². The molecular formula is C18H18O3S. The maximum absolute atomic E-state index is 12.4. The number of carbonyl (C=O) groups excluding carboxylic acids is 2. The number of carbonyl (C=O) groups is 2. The molecule has 0 aliphatic heterocycles. The van der Waals surface area contributed by atoms with Crippen molar-refractivity contribution >= 4 is 22.7 Å². The molecule has 0 heterocycles. The van der Waals surface area contributed by atoms with Gasteiger partial charge in [-0.15, -0.1) is 0 Å². The summed E-state index contributed by atoms with van der Waals surface area (Å²) in [5.74, 6) is 0.792. The summed E-state index contributed by atoms with van der Waals surface area (Å²) in [5.41, 5.74) is 1.62. The third-order valence-corrected chi connectivity index (χ3v) is 4.32. The average Bonchev–Trinajstić information content (AvgIpc) is 2.54. The maximum Gasteiger partial charge on any atom is 0.186 e. The van der Waals surface area contributed by atoms with Gasteiger partial charge in [-0.3, -0.25) is 9.59 Å². The SMILES string of the molecule is COc1ccc([C@@H](CC(=O)c2ccccc2)SC(C)=O)cc1. The highest BCUT2D eigenvalue weighted by Gasteiger charge is 2.19. The fourth-order valence-corrected chi connectivity index (χ4v) is 3.09. The Kier molecular flexibility index (Phi) is 5.78. The lowest BCUT2D eigenvalue weighted by Crippen LogP contribution is -2.07. The minimum absolute atomic E-state index is 0.00156. The molecular weight excluding hydrogens is 296 g/mol. The van der Waals surface area contributed by atoms with Gasteiger partial charge >= 0.3 is 0 Å². The summed E-state index contributed by atoms with van der Waals surface area (Å²) in [4.78, 5) is 23.9. The van der Waals surface area contributed by atoms with E-state index in [1.807, 2.05) is 42.5 Å². The van der Waals surface area contributed by atoms with E-state index in [2.05, 4.69) is 0 Å². The van der Waals surface area contributed by atoms with E-state index in [0.29, 0.717) is 12.0 Å². The van der Waals surface area contributed by atoms with Crippen LogP contribution in [-0.2, 0) is 4.79 Å². The van der Waals surface area contributed by atoms with Crippen LogP contribution in [-0.4, -0.2) is 18.0 Å². The van der Waals surface area contributed by atoms with E-state index in [1.54, 1.807) is 19.2 Å². The molecule has 0 saturated heterocycles. The molecule has 0 aromatic heterocycles. The molecule has 2 aromatic rings. The molecule has 0 aliphatic carbocycles. The monoisotopic (exact) mass is 314 g/mol. The molecule has 0 N–H and O–H groups in total. The van der Waals surface area contributed by atoms with Crippen LogP contribution in [0.25, 0.3) is 0 Å². The Hall–Kier alpha value is -2.07. The number of rotatable bonds is 6. The normalized spacial score (nSPS) is 11.7. The molecule has 0 spiro atoms. The number of methoxy groups -OCH3 is 1. The van der Waals surface area contributed by atoms with Crippen LogP contribution in [0.4, 0.5) is 0 Å². The molecule has 0 saturated carbocycles. The van der Waals surface area contributed by atoms with Crippen molar-refractivity contribution in [3.63, 3.8) is 0 Å². The third-order valence-electron chi connectivity index (χ3n) is 3.26. The van der Waals surface area contributed by atoms with E-state index >= 15 is 0 Å². The summed E-state index contributed by atoms with van der Waals surface area (Å²) < 4.78 is 5.14. The van der Waals surface area contributed by atoms with Crippen LogP contribution in [0.2, 0.25) is 0 Å². The predicted molar refractivity (Wildman–Crippen MR) is 89.4 cm³/mol. The molecule has 0 radical (unpaired) electrons. The van der Waals surface area contributed by atoms with Gasteiger partial charge in [0.2, 0.25) is 0 Å². The number of Topliss-reactive ketones (excluding diaryl/α,β-unsaturated/α-hetero) is 1. The van der Waals surface area contributed by atoms with Gasteiger partial charge in [-0.25, -0.2) is 0 Å². The standard InChI is InChI=1S/C18H18O3S/c1-13(19)22-18(15-8-10-16(21-2)11-9-15)12-17(20)14-6-4-3-5-7-14/h3-11,18H,12H2,1-2H3/t18-/m1/s1. The van der Waals surface area contributed by atoms with Crippen LogP contribution in [0.15, 0.2) is 54.6 Å². The van der Waals surface area contributed by atoms with Gasteiger partial charge in [0, 0.05) is 24.2 Å². The highest BCUT2D eigenvalue weighted by molar-refractivity contribution is 8.13. The molecule has 0 unspecified atom stereocenters. The fourth-order valence-electron chi connectivity index (χ4n) is 2.16. The van der Waals surface area contributed by atoms with Crippen molar-refractivity contribution in [1.82, 2.24) is 0 Å². The zero-order chi connectivity index (χ0) is 15.9.